The number of fused-ring (bicyclic) bond motifs is 2. The molecule has 1 spiro atoms. The van der Waals surface area contributed by atoms with Gasteiger partial charge in [0.15, 0.2) is 0 Å². The Balaban J connectivity index is 1.31. The van der Waals surface area contributed by atoms with Gasteiger partial charge in [0.05, 0.1) is 16.8 Å². The number of aromatic nitrogens is 3. The van der Waals surface area contributed by atoms with Gasteiger partial charge in [0.25, 0.3) is 0 Å². The first-order valence-corrected chi connectivity index (χ1v) is 11.1. The van der Waals surface area contributed by atoms with Crippen molar-refractivity contribution >= 4 is 11.8 Å². The van der Waals surface area contributed by atoms with Crippen LogP contribution in [-0.2, 0) is 23.7 Å². The number of rotatable bonds is 3. The van der Waals surface area contributed by atoms with Crippen LogP contribution in [0, 0.1) is 5.82 Å². The lowest BCUT2D eigenvalue weighted by Gasteiger charge is -2.48. The molecular weight excluding hydrogens is 464 g/mol. The van der Waals surface area contributed by atoms with E-state index < -0.39 is 23.1 Å². The first kappa shape index (κ1) is 23.1. The molecule has 4 heterocycles. The quantitative estimate of drug-likeness (QED) is 0.539. The Morgan fingerprint density at radius 2 is 1.91 bits per heavy atom. The Morgan fingerprint density at radius 3 is 2.60 bits per heavy atom. The van der Waals surface area contributed by atoms with Gasteiger partial charge in [-0.25, -0.2) is 14.2 Å². The molecule has 7 nitrogen and oxygen atoms in total. The average molecular weight is 488 g/mol. The van der Waals surface area contributed by atoms with Gasteiger partial charge in [-0.3, -0.25) is 4.68 Å². The van der Waals surface area contributed by atoms with Crippen LogP contribution in [-0.4, -0.2) is 38.8 Å². The number of hydrogen-bond acceptors (Lipinski definition) is 4. The number of nitrogens with two attached hydrogens (primary N) is 1. The second-order valence-corrected chi connectivity index (χ2v) is 9.74. The van der Waals surface area contributed by atoms with E-state index in [0.717, 1.165) is 18.2 Å². The lowest BCUT2D eigenvalue weighted by molar-refractivity contribution is -0.137. The van der Waals surface area contributed by atoms with Gasteiger partial charge in [0.2, 0.25) is 0 Å². The topological polar surface area (TPSA) is 89.1 Å². The second-order valence-electron chi connectivity index (χ2n) is 9.74. The van der Waals surface area contributed by atoms with Crippen LogP contribution in [0.1, 0.15) is 37.1 Å². The molecule has 3 N–H and O–H groups in total. The van der Waals surface area contributed by atoms with E-state index >= 15 is 0 Å². The van der Waals surface area contributed by atoms with E-state index in [0.29, 0.717) is 30.9 Å². The Bertz CT molecular complexity index is 1310. The zero-order chi connectivity index (χ0) is 25.2. The minimum atomic E-state index is -4.61. The molecule has 1 aromatic carbocycles. The van der Waals surface area contributed by atoms with Gasteiger partial charge in [-0.1, -0.05) is 12.1 Å². The van der Waals surface area contributed by atoms with Crippen molar-refractivity contribution in [1.82, 2.24) is 25.0 Å². The molecule has 0 aliphatic carbocycles. The summed E-state index contributed by atoms with van der Waals surface area (Å²) in [4.78, 5) is 18.3. The maximum Gasteiger partial charge on any atom is 0.419 e. The molecule has 2 aliphatic heterocycles. The third-order valence-electron chi connectivity index (χ3n) is 6.89. The minimum absolute atomic E-state index is 0.231. The predicted molar refractivity (Wildman–Crippen MR) is 121 cm³/mol. The SMILES string of the molecule is CC(C)(NC(=O)N1CC2(CCn3nc(-c4cnc(N)c(C(F)(F)F)c4)cc32)C1)c1cccc(F)c1. The molecule has 2 aliphatic rings. The van der Waals surface area contributed by atoms with Crippen LogP contribution < -0.4 is 11.1 Å². The van der Waals surface area contributed by atoms with E-state index in [2.05, 4.69) is 15.4 Å². The summed E-state index contributed by atoms with van der Waals surface area (Å²) in [6.07, 6.45) is -2.55. The van der Waals surface area contributed by atoms with Gasteiger partial charge in [0.1, 0.15) is 11.6 Å². The number of urea groups is 1. The number of carbonyl (C=O) groups is 1. The van der Waals surface area contributed by atoms with Crippen LogP contribution in [0.2, 0.25) is 0 Å². The Morgan fingerprint density at radius 1 is 1.17 bits per heavy atom. The number of pyridine rings is 1. The summed E-state index contributed by atoms with van der Waals surface area (Å²) < 4.78 is 55.2. The fourth-order valence-electron chi connectivity index (χ4n) is 4.89. The lowest BCUT2D eigenvalue weighted by Crippen LogP contribution is -2.64. The van der Waals surface area contributed by atoms with Crippen molar-refractivity contribution in [3.8, 4) is 11.3 Å². The van der Waals surface area contributed by atoms with E-state index in [1.807, 2.05) is 13.8 Å². The molecule has 0 atom stereocenters. The molecule has 35 heavy (non-hydrogen) atoms. The highest BCUT2D eigenvalue weighted by molar-refractivity contribution is 5.77. The van der Waals surface area contributed by atoms with Crippen LogP contribution >= 0.6 is 0 Å². The number of halogens is 4. The first-order valence-electron chi connectivity index (χ1n) is 11.1. The maximum atomic E-state index is 13.6. The average Bonchev–Trinajstić information content (AvgIpc) is 3.31. The molecular formula is C24H24F4N6O. The summed E-state index contributed by atoms with van der Waals surface area (Å²) in [7, 11) is 0. The highest BCUT2D eigenvalue weighted by atomic mass is 19.4. The number of aryl methyl sites for hydroxylation is 1. The van der Waals surface area contributed by atoms with Gasteiger partial charge in [0, 0.05) is 42.5 Å². The molecule has 0 unspecified atom stereocenters. The van der Waals surface area contributed by atoms with Gasteiger partial charge in [-0.15, -0.1) is 0 Å². The van der Waals surface area contributed by atoms with Gasteiger partial charge in [-0.05, 0) is 50.1 Å². The Hall–Kier alpha value is -3.63. The third-order valence-corrected chi connectivity index (χ3v) is 6.89. The predicted octanol–water partition coefficient (Wildman–Crippen LogP) is 4.29. The van der Waals surface area contributed by atoms with Crippen molar-refractivity contribution in [1.29, 1.82) is 0 Å². The summed E-state index contributed by atoms with van der Waals surface area (Å²) >= 11 is 0. The Labute approximate surface area is 198 Å². The molecule has 3 aromatic rings. The summed E-state index contributed by atoms with van der Waals surface area (Å²) in [5.41, 5.74) is 5.49. The van der Waals surface area contributed by atoms with Gasteiger partial charge < -0.3 is 16.0 Å². The van der Waals surface area contributed by atoms with Crippen molar-refractivity contribution in [2.24, 2.45) is 0 Å². The number of nitrogens with zero attached hydrogens (tertiary/aromatic N) is 4. The van der Waals surface area contributed by atoms with Gasteiger partial charge in [-0.2, -0.15) is 18.3 Å². The van der Waals surface area contributed by atoms with E-state index in [-0.39, 0.29) is 22.8 Å². The van der Waals surface area contributed by atoms with Crippen molar-refractivity contribution in [3.05, 3.63) is 65.2 Å². The highest BCUT2D eigenvalue weighted by Crippen LogP contribution is 2.44. The highest BCUT2D eigenvalue weighted by Gasteiger charge is 2.52. The van der Waals surface area contributed by atoms with E-state index in [4.69, 9.17) is 5.73 Å². The van der Waals surface area contributed by atoms with Crippen LogP contribution in [0.25, 0.3) is 11.3 Å². The zero-order valence-electron chi connectivity index (χ0n) is 19.2. The second kappa shape index (κ2) is 7.69. The summed E-state index contributed by atoms with van der Waals surface area (Å²) in [6, 6.07) is 8.57. The molecule has 0 radical (unpaired) electrons. The fourth-order valence-corrected chi connectivity index (χ4v) is 4.89. The number of anilines is 1. The van der Waals surface area contributed by atoms with Gasteiger partial charge >= 0.3 is 12.2 Å². The molecule has 1 saturated heterocycles. The molecule has 1 fully saturated rings. The number of benzene rings is 1. The molecule has 184 valence electrons. The molecule has 11 heteroatoms. The molecule has 0 bridgehead atoms. The number of hydrogen-bond donors (Lipinski definition) is 2. The van der Waals surface area contributed by atoms with Crippen LogP contribution in [0.3, 0.4) is 0 Å². The molecule has 2 aromatic heterocycles. The smallest absolute Gasteiger partial charge is 0.383 e. The van der Waals surface area contributed by atoms with Crippen LogP contribution in [0.15, 0.2) is 42.6 Å². The maximum absolute atomic E-state index is 13.6. The largest absolute Gasteiger partial charge is 0.419 e. The summed E-state index contributed by atoms with van der Waals surface area (Å²) in [5.74, 6) is -0.951. The first-order chi connectivity index (χ1) is 16.4. The monoisotopic (exact) mass is 488 g/mol. The standard InChI is InChI=1S/C24H24F4N6O/c1-22(2,15-4-3-5-16(25)9-15)31-21(35)33-12-23(13-33)6-7-34-19(23)10-18(32-34)14-8-17(24(26,27)28)20(29)30-11-14/h3-5,8-11H,6-7,12-13H2,1-2H3,(H2,29,30)(H,31,35). The molecule has 0 saturated carbocycles. The zero-order valence-corrected chi connectivity index (χ0v) is 19.2. The summed E-state index contributed by atoms with van der Waals surface area (Å²) in [6.45, 7) is 5.13. The molecule has 5 rings (SSSR count). The van der Waals surface area contributed by atoms with Crippen molar-refractivity contribution in [3.63, 3.8) is 0 Å². The number of likely N-dealkylation sites (tertiary alicyclic amines) is 1. The number of nitrogens with one attached hydrogen (secondary N) is 1. The number of alkyl halides is 3. The Kier molecular flexibility index (Phi) is 5.08. The number of nitrogen functional groups attached to an aromatic ring is 1. The van der Waals surface area contributed by atoms with Crippen LogP contribution in [0.5, 0.6) is 0 Å². The van der Waals surface area contributed by atoms with Crippen LogP contribution in [0.4, 0.5) is 28.2 Å². The fraction of sp³-hybridized carbons (Fsp3) is 0.375. The third kappa shape index (κ3) is 3.98. The normalized spacial score (nSPS) is 16.8. The van der Waals surface area contributed by atoms with E-state index in [1.54, 1.807) is 27.8 Å². The summed E-state index contributed by atoms with van der Waals surface area (Å²) in [5, 5.41) is 7.44. The lowest BCUT2D eigenvalue weighted by atomic mass is 9.76. The molecule has 2 amide bonds. The van der Waals surface area contributed by atoms with E-state index in [9.17, 15) is 22.4 Å². The van der Waals surface area contributed by atoms with Crippen molar-refractivity contribution in [2.75, 3.05) is 18.8 Å². The minimum Gasteiger partial charge on any atom is -0.383 e. The van der Waals surface area contributed by atoms with Crippen molar-refractivity contribution in [2.45, 2.75) is 43.9 Å². The number of amides is 2. The van der Waals surface area contributed by atoms with E-state index in [1.165, 1.54) is 18.3 Å². The number of carbonyl (C=O) groups excluding carboxylic acids is 1. The van der Waals surface area contributed by atoms with Crippen molar-refractivity contribution < 1.29 is 22.4 Å².